The van der Waals surface area contributed by atoms with E-state index < -0.39 is 11.6 Å². The smallest absolute Gasteiger partial charge is 0.223 e. The lowest BCUT2D eigenvalue weighted by Crippen LogP contribution is -2.42. The maximum Gasteiger partial charge on any atom is 0.223 e. The van der Waals surface area contributed by atoms with Crippen molar-refractivity contribution in [3.63, 3.8) is 0 Å². The minimum Gasteiger partial charge on any atom is -0.345 e. The van der Waals surface area contributed by atoms with Crippen molar-refractivity contribution in [3.8, 4) is 11.3 Å². The van der Waals surface area contributed by atoms with E-state index in [1.165, 1.54) is 12.1 Å². The molecule has 1 amide bonds. The first-order valence-corrected chi connectivity index (χ1v) is 7.99. The van der Waals surface area contributed by atoms with Crippen molar-refractivity contribution in [3.05, 3.63) is 41.4 Å². The van der Waals surface area contributed by atoms with E-state index in [0.29, 0.717) is 30.2 Å². The summed E-state index contributed by atoms with van der Waals surface area (Å²) in [5.74, 6) is -0.545. The van der Waals surface area contributed by atoms with Gasteiger partial charge in [-0.15, -0.1) is 0 Å². The second-order valence-electron chi connectivity index (χ2n) is 7.30. The summed E-state index contributed by atoms with van der Waals surface area (Å²) in [7, 11) is 0. The molecule has 1 aromatic carbocycles. The van der Waals surface area contributed by atoms with Gasteiger partial charge in [0, 0.05) is 41.7 Å². The number of likely N-dealkylation sites (tertiary alicyclic amines) is 1. The second-order valence-corrected chi connectivity index (χ2v) is 7.30. The van der Waals surface area contributed by atoms with Gasteiger partial charge in [0.1, 0.15) is 17.5 Å². The van der Waals surface area contributed by atoms with Gasteiger partial charge in [0.2, 0.25) is 5.91 Å². The Morgan fingerprint density at radius 3 is 2.58 bits per heavy atom. The van der Waals surface area contributed by atoms with Crippen molar-refractivity contribution >= 4 is 5.91 Å². The molecule has 24 heavy (non-hydrogen) atoms. The SMILES string of the molecule is Cc1[nH]c([C@@H]2CC(=O)N(C(C)(C)C)C2)nc1-c1ccc(F)cc1F. The highest BCUT2D eigenvalue weighted by molar-refractivity contribution is 5.80. The summed E-state index contributed by atoms with van der Waals surface area (Å²) in [6.07, 6.45) is 0.384. The number of nitrogens with zero attached hydrogens (tertiary/aromatic N) is 2. The van der Waals surface area contributed by atoms with Gasteiger partial charge in [-0.2, -0.15) is 0 Å². The standard InChI is InChI=1S/C18H21F2N3O/c1-10-16(13-6-5-12(19)8-14(13)20)22-17(21-10)11-7-15(24)23(9-11)18(2,3)4/h5-6,8,11H,7,9H2,1-4H3,(H,21,22)/t11-/m1/s1. The van der Waals surface area contributed by atoms with Gasteiger partial charge in [0.05, 0.1) is 5.69 Å². The summed E-state index contributed by atoms with van der Waals surface area (Å²) in [6.45, 7) is 8.38. The zero-order valence-electron chi connectivity index (χ0n) is 14.3. The zero-order valence-corrected chi connectivity index (χ0v) is 14.3. The molecule has 2 aromatic rings. The van der Waals surface area contributed by atoms with Crippen LogP contribution in [0.15, 0.2) is 18.2 Å². The molecule has 6 heteroatoms. The Hall–Kier alpha value is -2.24. The fraction of sp³-hybridized carbons (Fsp3) is 0.444. The molecule has 0 aliphatic carbocycles. The number of aromatic amines is 1. The zero-order chi connectivity index (χ0) is 17.6. The number of imidazole rings is 1. The van der Waals surface area contributed by atoms with Crippen LogP contribution in [-0.2, 0) is 4.79 Å². The molecule has 1 atom stereocenters. The van der Waals surface area contributed by atoms with Crippen LogP contribution in [0, 0.1) is 18.6 Å². The lowest BCUT2D eigenvalue weighted by atomic mass is 10.1. The van der Waals surface area contributed by atoms with Crippen LogP contribution in [0.3, 0.4) is 0 Å². The van der Waals surface area contributed by atoms with Gasteiger partial charge < -0.3 is 9.88 Å². The van der Waals surface area contributed by atoms with Crippen LogP contribution in [0.4, 0.5) is 8.78 Å². The third-order valence-electron chi connectivity index (χ3n) is 4.41. The molecule has 3 rings (SSSR count). The van der Waals surface area contributed by atoms with Crippen LogP contribution in [0.5, 0.6) is 0 Å². The van der Waals surface area contributed by atoms with Crippen LogP contribution in [0.1, 0.15) is 44.6 Å². The minimum atomic E-state index is -0.644. The van der Waals surface area contributed by atoms with E-state index >= 15 is 0 Å². The normalized spacial score (nSPS) is 18.5. The lowest BCUT2D eigenvalue weighted by molar-refractivity contribution is -0.131. The Balaban J connectivity index is 1.91. The summed E-state index contributed by atoms with van der Waals surface area (Å²) in [4.78, 5) is 21.8. The van der Waals surface area contributed by atoms with Crippen LogP contribution < -0.4 is 0 Å². The van der Waals surface area contributed by atoms with E-state index in [0.717, 1.165) is 6.07 Å². The first-order chi connectivity index (χ1) is 11.2. The number of amides is 1. The Morgan fingerprint density at radius 2 is 2.00 bits per heavy atom. The van der Waals surface area contributed by atoms with Crippen molar-refractivity contribution in [1.29, 1.82) is 0 Å². The van der Waals surface area contributed by atoms with Gasteiger partial charge in [0.15, 0.2) is 0 Å². The van der Waals surface area contributed by atoms with Gasteiger partial charge in [-0.25, -0.2) is 13.8 Å². The van der Waals surface area contributed by atoms with Gasteiger partial charge in [-0.05, 0) is 39.8 Å². The summed E-state index contributed by atoms with van der Waals surface area (Å²) in [5.41, 5.74) is 1.19. The number of hydrogen-bond acceptors (Lipinski definition) is 2. The Morgan fingerprint density at radius 1 is 1.29 bits per heavy atom. The molecule has 4 nitrogen and oxygen atoms in total. The molecule has 1 aromatic heterocycles. The molecular formula is C18H21F2N3O. The Kier molecular flexibility index (Phi) is 3.94. The average Bonchev–Trinajstić information content (AvgIpc) is 3.02. The van der Waals surface area contributed by atoms with Crippen LogP contribution in [-0.4, -0.2) is 32.9 Å². The number of benzene rings is 1. The number of aryl methyl sites for hydroxylation is 1. The molecule has 128 valence electrons. The fourth-order valence-electron chi connectivity index (χ4n) is 3.16. The van der Waals surface area contributed by atoms with E-state index in [-0.39, 0.29) is 22.9 Å². The van der Waals surface area contributed by atoms with E-state index in [9.17, 15) is 13.6 Å². The lowest BCUT2D eigenvalue weighted by Gasteiger charge is -2.31. The maximum absolute atomic E-state index is 14.0. The fourth-order valence-corrected chi connectivity index (χ4v) is 3.16. The van der Waals surface area contributed by atoms with Crippen LogP contribution >= 0.6 is 0 Å². The first kappa shape index (κ1) is 16.6. The summed E-state index contributed by atoms with van der Waals surface area (Å²) in [5, 5.41) is 0. The number of H-pyrrole nitrogens is 1. The molecule has 0 unspecified atom stereocenters. The number of aromatic nitrogens is 2. The number of nitrogens with one attached hydrogen (secondary N) is 1. The van der Waals surface area contributed by atoms with Crippen LogP contribution in [0.2, 0.25) is 0 Å². The highest BCUT2D eigenvalue weighted by Crippen LogP contribution is 2.33. The van der Waals surface area contributed by atoms with Crippen LogP contribution in [0.25, 0.3) is 11.3 Å². The number of halogens is 2. The number of carbonyl (C=O) groups excluding carboxylic acids is 1. The van der Waals surface area contributed by atoms with Crippen molar-refractivity contribution < 1.29 is 13.6 Å². The molecule has 1 aliphatic rings. The van der Waals surface area contributed by atoms with E-state index in [1.54, 1.807) is 6.92 Å². The van der Waals surface area contributed by atoms with E-state index in [1.807, 2.05) is 25.7 Å². The summed E-state index contributed by atoms with van der Waals surface area (Å²) < 4.78 is 27.1. The molecule has 1 saturated heterocycles. The predicted octanol–water partition coefficient (Wildman–Crippen LogP) is 3.78. The van der Waals surface area contributed by atoms with Crippen molar-refractivity contribution in [1.82, 2.24) is 14.9 Å². The van der Waals surface area contributed by atoms with Crippen molar-refractivity contribution in [2.24, 2.45) is 0 Å². The predicted molar refractivity (Wildman–Crippen MR) is 87.5 cm³/mol. The largest absolute Gasteiger partial charge is 0.345 e. The molecular weight excluding hydrogens is 312 g/mol. The average molecular weight is 333 g/mol. The molecule has 0 radical (unpaired) electrons. The van der Waals surface area contributed by atoms with Crippen molar-refractivity contribution in [2.45, 2.75) is 45.6 Å². The van der Waals surface area contributed by atoms with Gasteiger partial charge >= 0.3 is 0 Å². The first-order valence-electron chi connectivity index (χ1n) is 7.99. The molecule has 1 aliphatic heterocycles. The monoisotopic (exact) mass is 333 g/mol. The summed E-state index contributed by atoms with van der Waals surface area (Å²) >= 11 is 0. The highest BCUT2D eigenvalue weighted by atomic mass is 19.1. The molecule has 0 bridgehead atoms. The third kappa shape index (κ3) is 2.92. The number of hydrogen-bond donors (Lipinski definition) is 1. The molecule has 1 fully saturated rings. The number of carbonyl (C=O) groups is 1. The Labute approximate surface area is 139 Å². The van der Waals surface area contributed by atoms with Gasteiger partial charge in [0.25, 0.3) is 0 Å². The quantitative estimate of drug-likeness (QED) is 0.909. The topological polar surface area (TPSA) is 49.0 Å². The third-order valence-corrected chi connectivity index (χ3v) is 4.41. The molecule has 2 heterocycles. The number of rotatable bonds is 2. The minimum absolute atomic E-state index is 0.0484. The second kappa shape index (κ2) is 5.69. The van der Waals surface area contributed by atoms with E-state index in [4.69, 9.17) is 0 Å². The summed E-state index contributed by atoms with van der Waals surface area (Å²) in [6, 6.07) is 3.45. The van der Waals surface area contributed by atoms with Crippen molar-refractivity contribution in [2.75, 3.05) is 6.54 Å². The highest BCUT2D eigenvalue weighted by Gasteiger charge is 2.38. The Bertz CT molecular complexity index is 792. The van der Waals surface area contributed by atoms with Gasteiger partial charge in [-0.3, -0.25) is 4.79 Å². The molecule has 0 spiro atoms. The van der Waals surface area contributed by atoms with E-state index in [2.05, 4.69) is 9.97 Å². The molecule has 1 N–H and O–H groups in total. The molecule has 0 saturated carbocycles. The maximum atomic E-state index is 14.0. The van der Waals surface area contributed by atoms with Gasteiger partial charge in [-0.1, -0.05) is 0 Å².